The molecule has 1 atom stereocenters. The van der Waals surface area contributed by atoms with Crippen molar-refractivity contribution in [3.05, 3.63) is 59.0 Å². The molecule has 0 aliphatic rings. The van der Waals surface area contributed by atoms with Crippen LogP contribution >= 0.6 is 11.6 Å². The molecule has 1 unspecified atom stereocenters. The summed E-state index contributed by atoms with van der Waals surface area (Å²) in [6.45, 7) is 3.58. The summed E-state index contributed by atoms with van der Waals surface area (Å²) in [4.78, 5) is 4.48. The van der Waals surface area contributed by atoms with Crippen LogP contribution < -0.4 is 10.6 Å². The lowest BCUT2D eigenvalue weighted by molar-refractivity contribution is 0.153. The summed E-state index contributed by atoms with van der Waals surface area (Å²) >= 11 is 5.86. The summed E-state index contributed by atoms with van der Waals surface area (Å²) in [5, 5.41) is 16.9. The largest absolute Gasteiger partial charge is 0.467 e. The van der Waals surface area contributed by atoms with E-state index in [9.17, 15) is 5.11 Å². The molecular formula is C16H20ClN3O2. The van der Waals surface area contributed by atoms with Crippen LogP contribution in [-0.4, -0.2) is 24.2 Å². The number of hydrogen-bond donors (Lipinski definition) is 3. The topological polar surface area (TPSA) is 69.8 Å². The number of hydrogen-bond acceptors (Lipinski definition) is 3. The third-order valence-corrected chi connectivity index (χ3v) is 3.26. The molecule has 0 bridgehead atoms. The standard InChI is InChI=1S/C16H20ClN3O2/c1-2-18-16(19-10-12-5-7-13(17)8-6-12)20-11-14(21)15-4-3-9-22-15/h3-9,14,21H,2,10-11H2,1H3,(H2,18,19,20). The maximum absolute atomic E-state index is 9.99. The maximum atomic E-state index is 9.99. The molecule has 1 aromatic carbocycles. The molecule has 118 valence electrons. The van der Waals surface area contributed by atoms with Gasteiger partial charge in [0.15, 0.2) is 5.96 Å². The summed E-state index contributed by atoms with van der Waals surface area (Å²) in [6, 6.07) is 11.0. The zero-order valence-corrected chi connectivity index (χ0v) is 13.2. The normalized spacial score (nSPS) is 13.0. The first-order valence-electron chi connectivity index (χ1n) is 7.17. The molecule has 0 aliphatic heterocycles. The van der Waals surface area contributed by atoms with Crippen LogP contribution in [0.5, 0.6) is 0 Å². The molecule has 2 rings (SSSR count). The van der Waals surface area contributed by atoms with Gasteiger partial charge in [0.2, 0.25) is 0 Å². The van der Waals surface area contributed by atoms with Gasteiger partial charge in [0, 0.05) is 11.6 Å². The second-order valence-electron chi connectivity index (χ2n) is 4.73. The first-order chi connectivity index (χ1) is 10.7. The number of aliphatic hydroxyl groups excluding tert-OH is 1. The molecule has 0 aliphatic carbocycles. The van der Waals surface area contributed by atoms with Crippen LogP contribution in [0.1, 0.15) is 24.4 Å². The van der Waals surface area contributed by atoms with Gasteiger partial charge < -0.3 is 20.2 Å². The summed E-state index contributed by atoms with van der Waals surface area (Å²) in [5.41, 5.74) is 1.06. The fourth-order valence-electron chi connectivity index (χ4n) is 1.88. The highest BCUT2D eigenvalue weighted by Gasteiger charge is 2.10. The summed E-state index contributed by atoms with van der Waals surface area (Å²) in [6.07, 6.45) is 0.827. The van der Waals surface area contributed by atoms with Crippen LogP contribution in [0, 0.1) is 0 Å². The highest BCUT2D eigenvalue weighted by molar-refractivity contribution is 6.30. The van der Waals surface area contributed by atoms with Gasteiger partial charge in [-0.25, -0.2) is 4.99 Å². The van der Waals surface area contributed by atoms with E-state index in [0.717, 1.165) is 12.1 Å². The Balaban J connectivity index is 1.90. The van der Waals surface area contributed by atoms with Crippen LogP contribution in [0.15, 0.2) is 52.1 Å². The van der Waals surface area contributed by atoms with Gasteiger partial charge in [-0.3, -0.25) is 0 Å². The van der Waals surface area contributed by atoms with Gasteiger partial charge in [0.25, 0.3) is 0 Å². The Morgan fingerprint density at radius 3 is 2.68 bits per heavy atom. The fourth-order valence-corrected chi connectivity index (χ4v) is 2.00. The minimum absolute atomic E-state index is 0.319. The van der Waals surface area contributed by atoms with Crippen molar-refractivity contribution >= 4 is 17.6 Å². The smallest absolute Gasteiger partial charge is 0.191 e. The summed E-state index contributed by atoms with van der Waals surface area (Å²) in [5.74, 6) is 1.17. The van der Waals surface area contributed by atoms with Crippen LogP contribution in [0.25, 0.3) is 0 Å². The first-order valence-corrected chi connectivity index (χ1v) is 7.55. The summed E-state index contributed by atoms with van der Waals surface area (Å²) in [7, 11) is 0. The number of nitrogens with one attached hydrogen (secondary N) is 2. The number of halogens is 1. The minimum Gasteiger partial charge on any atom is -0.467 e. The molecule has 0 amide bonds. The van der Waals surface area contributed by atoms with E-state index in [4.69, 9.17) is 16.0 Å². The lowest BCUT2D eigenvalue weighted by atomic mass is 10.2. The van der Waals surface area contributed by atoms with E-state index in [1.54, 1.807) is 18.4 Å². The SMILES string of the molecule is CCNC(=NCc1ccc(Cl)cc1)NCC(O)c1ccco1. The average molecular weight is 322 g/mol. The Hall–Kier alpha value is -1.98. The zero-order chi connectivity index (χ0) is 15.8. The Morgan fingerprint density at radius 1 is 1.27 bits per heavy atom. The monoisotopic (exact) mass is 321 g/mol. The Bertz CT molecular complexity index is 582. The van der Waals surface area contributed by atoms with E-state index < -0.39 is 6.10 Å². The first kappa shape index (κ1) is 16.4. The molecule has 0 saturated carbocycles. The number of furan rings is 1. The van der Waals surface area contributed by atoms with Gasteiger partial charge in [-0.2, -0.15) is 0 Å². The number of nitrogens with zero attached hydrogens (tertiary/aromatic N) is 1. The lowest BCUT2D eigenvalue weighted by Crippen LogP contribution is -2.39. The minimum atomic E-state index is -0.714. The van der Waals surface area contributed by atoms with E-state index in [-0.39, 0.29) is 0 Å². The third-order valence-electron chi connectivity index (χ3n) is 3.01. The summed E-state index contributed by atoms with van der Waals surface area (Å²) < 4.78 is 5.17. The van der Waals surface area contributed by atoms with Crippen LogP contribution in [0.4, 0.5) is 0 Å². The molecule has 22 heavy (non-hydrogen) atoms. The van der Waals surface area contributed by atoms with Crippen molar-refractivity contribution in [3.8, 4) is 0 Å². The molecule has 0 spiro atoms. The Morgan fingerprint density at radius 2 is 2.05 bits per heavy atom. The van der Waals surface area contributed by atoms with E-state index in [1.165, 1.54) is 0 Å². The molecule has 6 heteroatoms. The fraction of sp³-hybridized carbons (Fsp3) is 0.312. The second kappa shape index (κ2) is 8.46. The molecule has 3 N–H and O–H groups in total. The van der Waals surface area contributed by atoms with Crippen molar-refractivity contribution in [2.45, 2.75) is 19.6 Å². The lowest BCUT2D eigenvalue weighted by Gasteiger charge is -2.14. The number of guanidine groups is 1. The van der Waals surface area contributed by atoms with Gasteiger partial charge in [-0.1, -0.05) is 23.7 Å². The molecule has 0 fully saturated rings. The van der Waals surface area contributed by atoms with E-state index in [1.807, 2.05) is 31.2 Å². The van der Waals surface area contributed by atoms with Crippen molar-refractivity contribution < 1.29 is 9.52 Å². The van der Waals surface area contributed by atoms with Gasteiger partial charge in [0.05, 0.1) is 19.4 Å². The van der Waals surface area contributed by atoms with Crippen molar-refractivity contribution in [1.82, 2.24) is 10.6 Å². The Labute approximate surface area is 135 Å². The predicted molar refractivity (Wildman–Crippen MR) is 87.9 cm³/mol. The molecule has 0 radical (unpaired) electrons. The predicted octanol–water partition coefficient (Wildman–Crippen LogP) is 2.72. The van der Waals surface area contributed by atoms with E-state index in [2.05, 4.69) is 15.6 Å². The Kier molecular flexibility index (Phi) is 6.30. The van der Waals surface area contributed by atoms with Gasteiger partial charge >= 0.3 is 0 Å². The van der Waals surface area contributed by atoms with Crippen molar-refractivity contribution in [3.63, 3.8) is 0 Å². The number of aliphatic hydroxyl groups is 1. The number of aliphatic imine (C=N–C) groups is 1. The second-order valence-corrected chi connectivity index (χ2v) is 5.17. The maximum Gasteiger partial charge on any atom is 0.191 e. The van der Waals surface area contributed by atoms with Crippen LogP contribution in [0.3, 0.4) is 0 Å². The van der Waals surface area contributed by atoms with Crippen molar-refractivity contribution in [1.29, 1.82) is 0 Å². The van der Waals surface area contributed by atoms with Crippen molar-refractivity contribution in [2.24, 2.45) is 4.99 Å². The van der Waals surface area contributed by atoms with E-state index >= 15 is 0 Å². The highest BCUT2D eigenvalue weighted by Crippen LogP contribution is 2.12. The third kappa shape index (κ3) is 5.09. The van der Waals surface area contributed by atoms with Gasteiger partial charge in [-0.15, -0.1) is 0 Å². The molecule has 1 heterocycles. The molecule has 0 saturated heterocycles. The quantitative estimate of drug-likeness (QED) is 0.565. The van der Waals surface area contributed by atoms with Crippen LogP contribution in [0.2, 0.25) is 5.02 Å². The van der Waals surface area contributed by atoms with Gasteiger partial charge in [0.1, 0.15) is 11.9 Å². The average Bonchev–Trinajstić information content (AvgIpc) is 3.06. The van der Waals surface area contributed by atoms with Gasteiger partial charge in [-0.05, 0) is 36.8 Å². The zero-order valence-electron chi connectivity index (χ0n) is 12.4. The highest BCUT2D eigenvalue weighted by atomic mass is 35.5. The van der Waals surface area contributed by atoms with E-state index in [0.29, 0.717) is 29.8 Å². The molecular weight excluding hydrogens is 302 g/mol. The molecule has 5 nitrogen and oxygen atoms in total. The van der Waals surface area contributed by atoms with Crippen molar-refractivity contribution in [2.75, 3.05) is 13.1 Å². The van der Waals surface area contributed by atoms with Crippen LogP contribution in [-0.2, 0) is 6.54 Å². The molecule has 1 aromatic heterocycles. The number of rotatable bonds is 6. The molecule has 2 aromatic rings. The number of benzene rings is 1.